The molecular weight excluding hydrogens is 148 g/mol. The van der Waals surface area contributed by atoms with Gasteiger partial charge in [0.2, 0.25) is 0 Å². The highest BCUT2D eigenvalue weighted by Gasteiger charge is 2.17. The molecule has 60 valence electrons. The molecule has 0 heterocycles. The lowest BCUT2D eigenvalue weighted by atomic mass is 10.1. The second-order valence-electron chi connectivity index (χ2n) is 3.12. The van der Waals surface area contributed by atoms with Gasteiger partial charge in [-0.25, -0.2) is 0 Å². The highest BCUT2D eigenvalue weighted by molar-refractivity contribution is 5.88. The summed E-state index contributed by atoms with van der Waals surface area (Å²) in [5.41, 5.74) is 3.46. The van der Waals surface area contributed by atoms with E-state index in [0.29, 0.717) is 18.6 Å². The number of rotatable bonds is 1. The Bertz CT molecular complexity index is 350. The molecule has 1 aromatic rings. The lowest BCUT2D eigenvalue weighted by Crippen LogP contribution is -1.92. The fourth-order valence-electron chi connectivity index (χ4n) is 1.60. The van der Waals surface area contributed by atoms with E-state index in [1.165, 1.54) is 11.1 Å². The van der Waals surface area contributed by atoms with Gasteiger partial charge in [0.25, 0.3) is 0 Å². The maximum Gasteiger partial charge on any atom is 0.141 e. The monoisotopic (exact) mass is 158 g/mol. The molecule has 1 aromatic carbocycles. The van der Waals surface area contributed by atoms with Gasteiger partial charge in [-0.3, -0.25) is 4.79 Å². The molecule has 1 heteroatoms. The molecule has 2 rings (SSSR count). The summed E-state index contributed by atoms with van der Waals surface area (Å²) in [6.07, 6.45) is 3.03. The molecule has 0 saturated heterocycles. The van der Waals surface area contributed by atoms with E-state index < -0.39 is 0 Å². The van der Waals surface area contributed by atoms with E-state index in [1.807, 2.05) is 24.3 Å². The van der Waals surface area contributed by atoms with Gasteiger partial charge < -0.3 is 0 Å². The molecule has 0 aliphatic heterocycles. The quantitative estimate of drug-likeness (QED) is 0.611. The molecule has 0 saturated carbocycles. The average Bonchev–Trinajstić information content (AvgIpc) is 2.43. The van der Waals surface area contributed by atoms with E-state index in [0.717, 1.165) is 5.56 Å². The third-order valence-electron chi connectivity index (χ3n) is 2.24. The molecule has 12 heavy (non-hydrogen) atoms. The lowest BCUT2D eigenvalue weighted by Gasteiger charge is -1.98. The van der Waals surface area contributed by atoms with Crippen LogP contribution in [-0.2, 0) is 17.6 Å². The number of ketones is 1. The summed E-state index contributed by atoms with van der Waals surface area (Å²) in [7, 11) is 0. The van der Waals surface area contributed by atoms with E-state index in [9.17, 15) is 4.79 Å². The SMILES string of the molecule is C=Cc1ccc2c(c1)CC(=O)C2. The van der Waals surface area contributed by atoms with Gasteiger partial charge in [0.05, 0.1) is 0 Å². The Labute approximate surface area is 71.7 Å². The van der Waals surface area contributed by atoms with Gasteiger partial charge in [-0.05, 0) is 16.7 Å². The Balaban J connectivity index is 2.48. The number of carbonyl (C=O) groups excluding carboxylic acids is 1. The van der Waals surface area contributed by atoms with Crippen molar-refractivity contribution in [1.82, 2.24) is 0 Å². The van der Waals surface area contributed by atoms with Crippen molar-refractivity contribution >= 4 is 11.9 Å². The highest BCUT2D eigenvalue weighted by Crippen LogP contribution is 2.20. The molecule has 0 unspecified atom stereocenters. The number of fused-ring (bicyclic) bond motifs is 1. The van der Waals surface area contributed by atoms with E-state index in [-0.39, 0.29) is 0 Å². The fraction of sp³-hybridized carbons (Fsp3) is 0.182. The average molecular weight is 158 g/mol. The maximum atomic E-state index is 11.1. The Morgan fingerprint density at radius 3 is 2.75 bits per heavy atom. The highest BCUT2D eigenvalue weighted by atomic mass is 16.1. The lowest BCUT2D eigenvalue weighted by molar-refractivity contribution is -0.117. The minimum Gasteiger partial charge on any atom is -0.299 e. The molecule has 0 atom stereocenters. The molecule has 1 aliphatic rings. The zero-order valence-electron chi connectivity index (χ0n) is 6.84. The summed E-state index contributed by atoms with van der Waals surface area (Å²) >= 11 is 0. The summed E-state index contributed by atoms with van der Waals surface area (Å²) in [6.45, 7) is 3.69. The van der Waals surface area contributed by atoms with Crippen molar-refractivity contribution < 1.29 is 4.79 Å². The zero-order valence-corrected chi connectivity index (χ0v) is 6.84. The zero-order chi connectivity index (χ0) is 8.55. The molecule has 1 nitrogen and oxygen atoms in total. The first-order chi connectivity index (χ1) is 5.79. The van der Waals surface area contributed by atoms with Crippen molar-refractivity contribution in [2.24, 2.45) is 0 Å². The number of Topliss-reactive ketones (excluding diaryl/α,β-unsaturated/α-hetero) is 1. The van der Waals surface area contributed by atoms with Crippen LogP contribution in [0.2, 0.25) is 0 Å². The summed E-state index contributed by atoms with van der Waals surface area (Å²) in [5.74, 6) is 0.325. The largest absolute Gasteiger partial charge is 0.299 e. The molecule has 0 aromatic heterocycles. The number of carbonyl (C=O) groups is 1. The Hall–Kier alpha value is -1.37. The van der Waals surface area contributed by atoms with Gasteiger partial charge >= 0.3 is 0 Å². The van der Waals surface area contributed by atoms with Crippen LogP contribution in [0, 0.1) is 0 Å². The topological polar surface area (TPSA) is 17.1 Å². The van der Waals surface area contributed by atoms with Crippen molar-refractivity contribution in [1.29, 1.82) is 0 Å². The molecule has 1 aliphatic carbocycles. The van der Waals surface area contributed by atoms with Crippen LogP contribution in [0.1, 0.15) is 16.7 Å². The van der Waals surface area contributed by atoms with Crippen LogP contribution in [0.4, 0.5) is 0 Å². The minimum atomic E-state index is 0.325. The molecule has 0 spiro atoms. The van der Waals surface area contributed by atoms with E-state index in [1.54, 1.807) is 0 Å². The number of benzene rings is 1. The summed E-state index contributed by atoms with van der Waals surface area (Å²) in [6, 6.07) is 6.08. The maximum absolute atomic E-state index is 11.1. The Morgan fingerprint density at radius 1 is 1.25 bits per heavy atom. The second kappa shape index (κ2) is 2.59. The molecule has 0 bridgehead atoms. The van der Waals surface area contributed by atoms with Crippen molar-refractivity contribution in [2.75, 3.05) is 0 Å². The van der Waals surface area contributed by atoms with E-state index >= 15 is 0 Å². The first-order valence-corrected chi connectivity index (χ1v) is 4.05. The number of hydrogen-bond acceptors (Lipinski definition) is 1. The Morgan fingerprint density at radius 2 is 2.00 bits per heavy atom. The summed E-state index contributed by atoms with van der Waals surface area (Å²) in [5, 5.41) is 0. The number of hydrogen-bond donors (Lipinski definition) is 0. The molecular formula is C11H10O. The van der Waals surface area contributed by atoms with Crippen LogP contribution in [0.25, 0.3) is 6.08 Å². The van der Waals surface area contributed by atoms with Gasteiger partial charge in [-0.15, -0.1) is 0 Å². The third kappa shape index (κ3) is 1.07. The standard InChI is InChI=1S/C11H10O/c1-2-8-3-4-9-6-11(12)7-10(9)5-8/h2-5H,1,6-7H2. The second-order valence-corrected chi connectivity index (χ2v) is 3.12. The van der Waals surface area contributed by atoms with E-state index in [2.05, 4.69) is 6.58 Å². The van der Waals surface area contributed by atoms with Crippen LogP contribution >= 0.6 is 0 Å². The van der Waals surface area contributed by atoms with Gasteiger partial charge in [-0.2, -0.15) is 0 Å². The Kier molecular flexibility index (Phi) is 1.58. The smallest absolute Gasteiger partial charge is 0.141 e. The van der Waals surface area contributed by atoms with Gasteiger partial charge in [-0.1, -0.05) is 30.9 Å². The van der Waals surface area contributed by atoms with Crippen LogP contribution in [-0.4, -0.2) is 5.78 Å². The predicted molar refractivity (Wildman–Crippen MR) is 48.9 cm³/mol. The molecule has 0 radical (unpaired) electrons. The fourth-order valence-corrected chi connectivity index (χ4v) is 1.60. The van der Waals surface area contributed by atoms with Crippen LogP contribution < -0.4 is 0 Å². The predicted octanol–water partition coefficient (Wildman–Crippen LogP) is 2.00. The van der Waals surface area contributed by atoms with Crippen molar-refractivity contribution in [3.05, 3.63) is 41.5 Å². The normalized spacial score (nSPS) is 14.5. The van der Waals surface area contributed by atoms with Crippen molar-refractivity contribution in [2.45, 2.75) is 12.8 Å². The van der Waals surface area contributed by atoms with Gasteiger partial charge in [0.1, 0.15) is 5.78 Å². The van der Waals surface area contributed by atoms with Gasteiger partial charge in [0, 0.05) is 12.8 Å². The van der Waals surface area contributed by atoms with Crippen LogP contribution in [0.5, 0.6) is 0 Å². The first-order valence-electron chi connectivity index (χ1n) is 4.05. The van der Waals surface area contributed by atoms with Gasteiger partial charge in [0.15, 0.2) is 0 Å². The minimum absolute atomic E-state index is 0.325. The first kappa shape index (κ1) is 7.29. The molecule has 0 amide bonds. The molecule has 0 N–H and O–H groups in total. The van der Waals surface area contributed by atoms with Crippen molar-refractivity contribution in [3.63, 3.8) is 0 Å². The molecule has 0 fully saturated rings. The van der Waals surface area contributed by atoms with Crippen LogP contribution in [0.15, 0.2) is 24.8 Å². The summed E-state index contributed by atoms with van der Waals surface area (Å²) in [4.78, 5) is 11.1. The van der Waals surface area contributed by atoms with Crippen LogP contribution in [0.3, 0.4) is 0 Å². The van der Waals surface area contributed by atoms with Crippen molar-refractivity contribution in [3.8, 4) is 0 Å². The third-order valence-corrected chi connectivity index (χ3v) is 2.24. The van der Waals surface area contributed by atoms with E-state index in [4.69, 9.17) is 0 Å². The summed E-state index contributed by atoms with van der Waals surface area (Å²) < 4.78 is 0.